The number of aromatic nitrogens is 2. The molecule has 57 heavy (non-hydrogen) atoms. The van der Waals surface area contributed by atoms with Crippen LogP contribution in [0, 0.1) is 0 Å². The van der Waals surface area contributed by atoms with Crippen LogP contribution in [0.3, 0.4) is 0 Å². The van der Waals surface area contributed by atoms with Gasteiger partial charge in [0.25, 0.3) is 0 Å². The van der Waals surface area contributed by atoms with Crippen LogP contribution in [0.4, 0.5) is 17.1 Å². The van der Waals surface area contributed by atoms with Gasteiger partial charge in [0.05, 0.1) is 22.1 Å². The highest BCUT2D eigenvalue weighted by Crippen LogP contribution is 2.40. The Morgan fingerprint density at radius 2 is 0.596 bits per heavy atom. The summed E-state index contributed by atoms with van der Waals surface area (Å²) in [7, 11) is 0. The fourth-order valence-electron chi connectivity index (χ4n) is 8.65. The van der Waals surface area contributed by atoms with Gasteiger partial charge in [0.1, 0.15) is 0 Å². The Hall–Kier alpha value is -7.62. The lowest BCUT2D eigenvalue weighted by Crippen LogP contribution is -2.09. The zero-order valence-corrected chi connectivity index (χ0v) is 31.2. The third kappa shape index (κ3) is 5.60. The molecule has 11 aromatic rings. The third-order valence-electron chi connectivity index (χ3n) is 11.3. The summed E-state index contributed by atoms with van der Waals surface area (Å²) in [6.07, 6.45) is 0. The van der Waals surface area contributed by atoms with Crippen molar-refractivity contribution in [2.45, 2.75) is 0 Å². The lowest BCUT2D eigenvalue weighted by molar-refractivity contribution is 1.17. The molecule has 268 valence electrons. The lowest BCUT2D eigenvalue weighted by atomic mass is 10.0. The van der Waals surface area contributed by atoms with E-state index in [-0.39, 0.29) is 0 Å². The van der Waals surface area contributed by atoms with E-state index in [1.807, 2.05) is 0 Å². The van der Waals surface area contributed by atoms with Gasteiger partial charge in [-0.1, -0.05) is 127 Å². The SMILES string of the molecule is c1ccc(-c2ccc(-n3c4ccccc4c4cc(-c5ccc6c(c5)c5ccccc5n6-c5ccc(N(c6ccccc6)c6ccccc6)cc5)ccc43)cc2)cc1. The first-order chi connectivity index (χ1) is 28.3. The molecule has 3 nitrogen and oxygen atoms in total. The molecule has 9 aromatic carbocycles. The standard InChI is InChI=1S/C54H37N3/c1-4-14-38(15-5-1)39-24-28-45(29-25-39)56-51-22-12-10-20-47(51)49-36-40(26-34-53(49)56)41-27-35-54-50(37-41)48-21-11-13-23-52(48)57(54)46-32-30-44(31-33-46)55(42-16-6-2-7-17-42)43-18-8-3-9-19-43/h1-37H. The molecule has 0 aliphatic rings. The lowest BCUT2D eigenvalue weighted by Gasteiger charge is -2.25. The van der Waals surface area contributed by atoms with Crippen LogP contribution >= 0.6 is 0 Å². The summed E-state index contributed by atoms with van der Waals surface area (Å²) in [5.74, 6) is 0. The summed E-state index contributed by atoms with van der Waals surface area (Å²) in [4.78, 5) is 2.30. The van der Waals surface area contributed by atoms with Crippen molar-refractivity contribution in [1.29, 1.82) is 0 Å². The van der Waals surface area contributed by atoms with Crippen LogP contribution < -0.4 is 4.90 Å². The number of anilines is 3. The van der Waals surface area contributed by atoms with Gasteiger partial charge >= 0.3 is 0 Å². The Labute approximate surface area is 331 Å². The monoisotopic (exact) mass is 727 g/mol. The minimum atomic E-state index is 1.11. The number of nitrogens with zero attached hydrogens (tertiary/aromatic N) is 3. The van der Waals surface area contributed by atoms with Crippen molar-refractivity contribution in [3.63, 3.8) is 0 Å². The van der Waals surface area contributed by atoms with Crippen LogP contribution in [0.2, 0.25) is 0 Å². The Balaban J connectivity index is 0.994. The van der Waals surface area contributed by atoms with Gasteiger partial charge in [-0.2, -0.15) is 0 Å². The zero-order valence-electron chi connectivity index (χ0n) is 31.2. The third-order valence-corrected chi connectivity index (χ3v) is 11.3. The fraction of sp³-hybridized carbons (Fsp3) is 0. The van der Waals surface area contributed by atoms with Gasteiger partial charge in [0, 0.05) is 50.0 Å². The largest absolute Gasteiger partial charge is 0.311 e. The molecular formula is C54H37N3. The molecule has 0 atom stereocenters. The second kappa shape index (κ2) is 13.6. The Morgan fingerprint density at radius 1 is 0.246 bits per heavy atom. The van der Waals surface area contributed by atoms with Crippen molar-refractivity contribution in [2.24, 2.45) is 0 Å². The van der Waals surface area contributed by atoms with Crippen molar-refractivity contribution in [2.75, 3.05) is 4.90 Å². The van der Waals surface area contributed by atoms with Crippen LogP contribution in [-0.4, -0.2) is 9.13 Å². The van der Waals surface area contributed by atoms with Crippen molar-refractivity contribution < 1.29 is 0 Å². The number of hydrogen-bond donors (Lipinski definition) is 0. The van der Waals surface area contributed by atoms with Gasteiger partial charge in [-0.3, -0.25) is 0 Å². The number of fused-ring (bicyclic) bond motifs is 6. The topological polar surface area (TPSA) is 13.1 Å². The first kappa shape index (κ1) is 32.8. The van der Waals surface area contributed by atoms with E-state index in [1.54, 1.807) is 0 Å². The molecule has 0 N–H and O–H groups in total. The molecule has 11 rings (SSSR count). The van der Waals surface area contributed by atoms with Crippen molar-refractivity contribution in [3.05, 3.63) is 224 Å². The molecule has 2 aromatic heterocycles. The van der Waals surface area contributed by atoms with Crippen LogP contribution in [0.1, 0.15) is 0 Å². The average Bonchev–Trinajstić information content (AvgIpc) is 3.80. The molecule has 3 heteroatoms. The predicted molar refractivity (Wildman–Crippen MR) is 241 cm³/mol. The molecular weight excluding hydrogens is 691 g/mol. The number of benzene rings is 9. The molecule has 0 aliphatic carbocycles. The second-order valence-electron chi connectivity index (χ2n) is 14.6. The van der Waals surface area contributed by atoms with E-state index in [0.717, 1.165) is 28.4 Å². The van der Waals surface area contributed by atoms with E-state index in [4.69, 9.17) is 0 Å². The predicted octanol–water partition coefficient (Wildman–Crippen LogP) is 14.7. The molecule has 0 saturated carbocycles. The second-order valence-corrected chi connectivity index (χ2v) is 14.6. The van der Waals surface area contributed by atoms with Gasteiger partial charge in [-0.05, 0) is 119 Å². The Morgan fingerprint density at radius 3 is 1.09 bits per heavy atom. The van der Waals surface area contributed by atoms with Gasteiger partial charge in [0.2, 0.25) is 0 Å². The van der Waals surface area contributed by atoms with E-state index < -0.39 is 0 Å². The molecule has 0 radical (unpaired) electrons. The Kier molecular flexibility index (Phi) is 7.82. The van der Waals surface area contributed by atoms with E-state index in [2.05, 4.69) is 238 Å². The molecule has 0 amide bonds. The van der Waals surface area contributed by atoms with Crippen LogP contribution in [0.25, 0.3) is 77.2 Å². The summed E-state index contributed by atoms with van der Waals surface area (Å²) < 4.78 is 4.79. The molecule has 0 spiro atoms. The van der Waals surface area contributed by atoms with Gasteiger partial charge < -0.3 is 14.0 Å². The van der Waals surface area contributed by atoms with Gasteiger partial charge in [-0.15, -0.1) is 0 Å². The summed E-state index contributed by atoms with van der Waals surface area (Å²) in [6, 6.07) is 81.0. The maximum absolute atomic E-state index is 2.40. The van der Waals surface area contributed by atoms with Crippen molar-refractivity contribution in [1.82, 2.24) is 9.13 Å². The van der Waals surface area contributed by atoms with Crippen molar-refractivity contribution >= 4 is 60.7 Å². The molecule has 0 bridgehead atoms. The molecule has 0 saturated heterocycles. The Bertz CT molecular complexity index is 3160. The summed E-state index contributed by atoms with van der Waals surface area (Å²) >= 11 is 0. The highest BCUT2D eigenvalue weighted by atomic mass is 15.1. The van der Waals surface area contributed by atoms with Crippen LogP contribution in [0.5, 0.6) is 0 Å². The smallest absolute Gasteiger partial charge is 0.0541 e. The fourth-order valence-corrected chi connectivity index (χ4v) is 8.65. The molecule has 0 fully saturated rings. The van der Waals surface area contributed by atoms with Crippen molar-refractivity contribution in [3.8, 4) is 33.6 Å². The molecule has 0 aliphatic heterocycles. The van der Waals surface area contributed by atoms with Crippen LogP contribution in [0.15, 0.2) is 224 Å². The molecule has 0 unspecified atom stereocenters. The van der Waals surface area contributed by atoms with E-state index >= 15 is 0 Å². The molecule has 2 heterocycles. The minimum Gasteiger partial charge on any atom is -0.311 e. The number of hydrogen-bond acceptors (Lipinski definition) is 1. The first-order valence-corrected chi connectivity index (χ1v) is 19.5. The van der Waals surface area contributed by atoms with Gasteiger partial charge in [-0.25, -0.2) is 0 Å². The maximum Gasteiger partial charge on any atom is 0.0541 e. The van der Waals surface area contributed by atoms with E-state index in [1.165, 1.54) is 65.9 Å². The van der Waals surface area contributed by atoms with Gasteiger partial charge in [0.15, 0.2) is 0 Å². The quantitative estimate of drug-likeness (QED) is 0.159. The van der Waals surface area contributed by atoms with Crippen LogP contribution in [-0.2, 0) is 0 Å². The number of para-hydroxylation sites is 4. The number of rotatable bonds is 7. The summed E-state index contributed by atoms with van der Waals surface area (Å²) in [6.45, 7) is 0. The van der Waals surface area contributed by atoms with E-state index in [9.17, 15) is 0 Å². The summed E-state index contributed by atoms with van der Waals surface area (Å²) in [5, 5.41) is 4.98. The maximum atomic E-state index is 2.40. The zero-order chi connectivity index (χ0) is 37.7. The average molecular weight is 728 g/mol. The first-order valence-electron chi connectivity index (χ1n) is 19.5. The van der Waals surface area contributed by atoms with E-state index in [0.29, 0.717) is 0 Å². The summed E-state index contributed by atoms with van der Waals surface area (Å²) in [5.41, 5.74) is 15.3. The normalized spacial score (nSPS) is 11.5. The highest BCUT2D eigenvalue weighted by molar-refractivity contribution is 6.12. The minimum absolute atomic E-state index is 1.11. The highest BCUT2D eigenvalue weighted by Gasteiger charge is 2.17.